The predicted molar refractivity (Wildman–Crippen MR) is 545 cm³/mol. The maximum atomic E-state index is 5.29. The molecule has 18 heterocycles. The van der Waals surface area contributed by atoms with Gasteiger partial charge in [-0.25, -0.2) is 0 Å². The van der Waals surface area contributed by atoms with E-state index in [1.165, 1.54) is 193 Å². The molecular formula is C113H169N15O5. The Labute approximate surface area is 802 Å². The topological polar surface area (TPSA) is 145 Å². The SMILES string of the molecule is CC(C)c1cc2n(n1)CCN(C1COC1)C2.CC(C)c1ccc(C2CCCN2C)cn1.CC(C)c1ccc(C2CCN(C)CC2)cn1.CC(C)c1ccc(C2CCN(C3COC3)CC2)cc1.CC(C)c1ccc(C2CN(C)C2)cc1.CC(C)c1ccc(N2CCN(C3COC3)CC2)cn1.CC(C)c1ccc2c(c1)CCN(C1COC1)C2.CC(C)c1ccc2c(n1)CCN(C1COC1)C2. The van der Waals surface area contributed by atoms with E-state index in [0.29, 0.717) is 83.6 Å². The van der Waals surface area contributed by atoms with Crippen molar-refractivity contribution in [3.8, 4) is 0 Å². The van der Waals surface area contributed by atoms with Gasteiger partial charge in [0.05, 0.1) is 126 Å². The second-order valence-corrected chi connectivity index (χ2v) is 43.0. The molecule has 5 aromatic heterocycles. The van der Waals surface area contributed by atoms with Crippen molar-refractivity contribution >= 4 is 5.69 Å². The largest absolute Gasteiger partial charge is 0.378 e. The fourth-order valence-electron chi connectivity index (χ4n) is 20.1. The molecule has 8 aromatic rings. The Hall–Kier alpha value is -7.25. The van der Waals surface area contributed by atoms with Gasteiger partial charge in [0.25, 0.3) is 0 Å². The van der Waals surface area contributed by atoms with E-state index in [1.54, 1.807) is 5.56 Å². The van der Waals surface area contributed by atoms with Crippen LogP contribution in [0.1, 0.15) is 316 Å². The number of piperazine rings is 1. The van der Waals surface area contributed by atoms with E-state index in [-0.39, 0.29) is 0 Å². The zero-order valence-electron chi connectivity index (χ0n) is 85.3. The van der Waals surface area contributed by atoms with E-state index in [1.807, 2.05) is 6.20 Å². The van der Waals surface area contributed by atoms with Crippen molar-refractivity contribution in [2.75, 3.05) is 184 Å². The molecule has 0 spiro atoms. The summed E-state index contributed by atoms with van der Waals surface area (Å²) >= 11 is 0. The molecule has 726 valence electrons. The van der Waals surface area contributed by atoms with Gasteiger partial charge in [-0.3, -0.25) is 54.0 Å². The molecule has 0 aliphatic carbocycles. The van der Waals surface area contributed by atoms with Gasteiger partial charge in [-0.05, 0) is 250 Å². The van der Waals surface area contributed by atoms with Crippen molar-refractivity contribution in [3.05, 3.63) is 235 Å². The Kier molecular flexibility index (Phi) is 37.7. The molecule has 1 unspecified atom stereocenters. The third kappa shape index (κ3) is 28.3. The standard InChI is InChI=1S/C17H25NO.C15H23N3O.C15H21NO.C14H20N2O.C14H22N2.C13H20N2.C13H19N.C12H19N3O/c1-13(2)14-3-5-15(6-4-14)16-7-9-18(10-8-16)17-11-19-12-17;1-12(2)15-4-3-13(9-16-15)17-5-7-18(8-6-17)14-10-19-11-14;1-11(2)12-3-4-14-8-16(15-9-17-10-15)6-5-13(14)7-12;1-10(2)13-4-3-11-7-16(12-8-17-9-12)6-5-14(11)15-13;1-11(2)14-5-4-13(10-15-14)12-6-8-16(3)9-7-12;1-10(2)12-7-6-11(9-14-12)13-5-4-8-15(13)3;1-10(2)11-4-6-12(7-5-11)13-8-14(3)9-13;1-9(2)12-5-10-6-14(11-7-16-8-11)3-4-15(10)13-12/h3-6,13,16-17H,7-12H2,1-2H3;3-4,9,12,14H,5-8,10-11H2,1-2H3;3-4,7,11,15H,5-6,8-10H2,1-2H3;3-4,10,12H,5-9H2,1-2H3;4-5,10-12H,6-9H2,1-3H3;6-7,9-10,13H,4-5,8H2,1-3H3;4-7,10,13H,8-9H2,1-3H3;5,9,11H,3-4,6-8H2,1-2H3. The summed E-state index contributed by atoms with van der Waals surface area (Å²) in [6, 6.07) is 49.4. The van der Waals surface area contributed by atoms with Gasteiger partial charge in [-0.2, -0.15) is 5.10 Å². The number of ether oxygens (including phenoxy) is 5. The van der Waals surface area contributed by atoms with E-state index >= 15 is 0 Å². The van der Waals surface area contributed by atoms with E-state index in [4.69, 9.17) is 28.7 Å². The van der Waals surface area contributed by atoms with Crippen molar-refractivity contribution in [3.63, 3.8) is 0 Å². The van der Waals surface area contributed by atoms with Crippen LogP contribution in [0.5, 0.6) is 0 Å². The minimum atomic E-state index is 0.504. The highest BCUT2D eigenvalue weighted by atomic mass is 16.5. The summed E-state index contributed by atoms with van der Waals surface area (Å²) in [6.45, 7) is 65.4. The van der Waals surface area contributed by atoms with Crippen molar-refractivity contribution in [1.82, 2.24) is 68.9 Å². The maximum Gasteiger partial charge on any atom is 0.0653 e. The van der Waals surface area contributed by atoms with Gasteiger partial charge in [0.2, 0.25) is 0 Å². The van der Waals surface area contributed by atoms with Gasteiger partial charge < -0.3 is 38.4 Å². The van der Waals surface area contributed by atoms with Gasteiger partial charge in [0.1, 0.15) is 0 Å². The number of hydrogen-bond donors (Lipinski definition) is 0. The van der Waals surface area contributed by atoms with Gasteiger partial charge in [0, 0.05) is 138 Å². The van der Waals surface area contributed by atoms with Crippen molar-refractivity contribution in [2.24, 2.45) is 0 Å². The number of fused-ring (bicyclic) bond motifs is 3. The van der Waals surface area contributed by atoms with E-state index < -0.39 is 0 Å². The first-order valence-corrected chi connectivity index (χ1v) is 51.9. The Morgan fingerprint density at radius 1 is 0.308 bits per heavy atom. The molecule has 10 fully saturated rings. The molecule has 20 heteroatoms. The molecule has 0 radical (unpaired) electrons. The van der Waals surface area contributed by atoms with E-state index in [2.05, 4.69) is 334 Å². The maximum absolute atomic E-state index is 5.29. The highest BCUT2D eigenvalue weighted by Gasteiger charge is 2.36. The third-order valence-electron chi connectivity index (χ3n) is 30.4. The summed E-state index contributed by atoms with van der Waals surface area (Å²) in [5.41, 5.74) is 24.7. The number of nitrogens with zero attached hydrogens (tertiary/aromatic N) is 15. The minimum Gasteiger partial charge on any atom is -0.378 e. The molecule has 3 aromatic carbocycles. The zero-order valence-corrected chi connectivity index (χ0v) is 85.3. The smallest absolute Gasteiger partial charge is 0.0653 e. The molecule has 21 rings (SSSR count). The Balaban J connectivity index is 0.000000122. The number of rotatable bonds is 18. The average molecular weight is 1820 g/mol. The van der Waals surface area contributed by atoms with Crippen molar-refractivity contribution in [1.29, 1.82) is 0 Å². The molecule has 1 atom stereocenters. The summed E-state index contributed by atoms with van der Waals surface area (Å²) in [5, 5.41) is 4.65. The van der Waals surface area contributed by atoms with Crippen LogP contribution in [0.4, 0.5) is 5.69 Å². The number of pyridine rings is 4. The van der Waals surface area contributed by atoms with Gasteiger partial charge >= 0.3 is 0 Å². The fourth-order valence-corrected chi connectivity index (χ4v) is 20.1. The lowest BCUT2D eigenvalue weighted by molar-refractivity contribution is -0.0735. The average Bonchev–Trinajstić information content (AvgIpc) is 1.46. The first-order valence-electron chi connectivity index (χ1n) is 51.9. The number of aromatic nitrogens is 6. The lowest BCUT2D eigenvalue weighted by Crippen LogP contribution is -2.56. The first-order chi connectivity index (χ1) is 64.2. The number of benzene rings is 3. The first kappa shape index (κ1) is 102. The van der Waals surface area contributed by atoms with Crippen LogP contribution < -0.4 is 4.90 Å². The van der Waals surface area contributed by atoms with Crippen LogP contribution >= 0.6 is 0 Å². The van der Waals surface area contributed by atoms with Crippen LogP contribution in [0, 0.1) is 0 Å². The molecule has 133 heavy (non-hydrogen) atoms. The Morgan fingerprint density at radius 2 is 0.729 bits per heavy atom. The highest BCUT2D eigenvalue weighted by Crippen LogP contribution is 2.36. The number of hydrogen-bond acceptors (Lipinski definition) is 19. The molecular weight excluding hydrogens is 1650 g/mol. The second kappa shape index (κ2) is 49.4. The molecule has 13 aliphatic heterocycles. The normalized spacial score (nSPS) is 21.3. The predicted octanol–water partition coefficient (Wildman–Crippen LogP) is 19.7. The number of likely N-dealkylation sites (tertiary alicyclic amines) is 4. The third-order valence-corrected chi connectivity index (χ3v) is 30.4. The quantitative estimate of drug-likeness (QED) is 0.0802. The van der Waals surface area contributed by atoms with E-state index in [9.17, 15) is 0 Å². The van der Waals surface area contributed by atoms with E-state index in [0.717, 1.165) is 156 Å². The molecule has 0 N–H and O–H groups in total. The summed E-state index contributed by atoms with van der Waals surface area (Å²) in [5.74, 6) is 6.80. The molecule has 0 amide bonds. The summed E-state index contributed by atoms with van der Waals surface area (Å²) in [4.78, 5) is 40.9. The molecule has 20 nitrogen and oxygen atoms in total. The van der Waals surface area contributed by atoms with Crippen molar-refractivity contribution < 1.29 is 23.7 Å². The lowest BCUT2D eigenvalue weighted by atomic mass is 9.87. The molecule has 0 bridgehead atoms. The zero-order chi connectivity index (χ0) is 93.8. The Morgan fingerprint density at radius 3 is 1.19 bits per heavy atom. The van der Waals surface area contributed by atoms with Crippen molar-refractivity contribution in [2.45, 2.75) is 290 Å². The summed E-state index contributed by atoms with van der Waals surface area (Å²) in [7, 11) is 6.59. The number of piperidine rings is 2. The van der Waals surface area contributed by atoms with Crippen LogP contribution in [-0.4, -0.2) is 278 Å². The van der Waals surface area contributed by atoms with Gasteiger partial charge in [0.15, 0.2) is 0 Å². The molecule has 0 saturated carbocycles. The van der Waals surface area contributed by atoms with Crippen LogP contribution in [0.25, 0.3) is 0 Å². The van der Waals surface area contributed by atoms with Crippen LogP contribution in [0.2, 0.25) is 0 Å². The molecule has 10 saturated heterocycles. The summed E-state index contributed by atoms with van der Waals surface area (Å²) in [6.07, 6.45) is 16.2. The summed E-state index contributed by atoms with van der Waals surface area (Å²) < 4.78 is 28.5. The second-order valence-electron chi connectivity index (χ2n) is 43.0. The van der Waals surface area contributed by atoms with Gasteiger partial charge in [-0.1, -0.05) is 196 Å². The number of anilines is 1. The lowest BCUT2D eigenvalue weighted by Gasteiger charge is -2.43. The molecule has 13 aliphatic rings. The van der Waals surface area contributed by atoms with Crippen LogP contribution in [0.3, 0.4) is 0 Å². The highest BCUT2D eigenvalue weighted by molar-refractivity contribution is 5.46. The number of likely N-dealkylation sites (N-methyl/N-ethyl adjacent to an activating group) is 1. The Bertz CT molecular complexity index is 4580. The minimum absolute atomic E-state index is 0.504. The van der Waals surface area contributed by atoms with Crippen LogP contribution in [0.15, 0.2) is 140 Å². The monoisotopic (exact) mass is 1820 g/mol. The van der Waals surface area contributed by atoms with Crippen LogP contribution in [-0.2, 0) is 62.7 Å². The van der Waals surface area contributed by atoms with Gasteiger partial charge in [-0.15, -0.1) is 0 Å². The fraction of sp³-hybridized carbons (Fsp3) is 0.637.